The van der Waals surface area contributed by atoms with Gasteiger partial charge in [-0.2, -0.15) is 0 Å². The minimum absolute atomic E-state index is 0.0716. The quantitative estimate of drug-likeness (QED) is 0.709. The predicted octanol–water partition coefficient (Wildman–Crippen LogP) is 1.91. The number of hydrogen-bond acceptors (Lipinski definition) is 5. The third-order valence-electron chi connectivity index (χ3n) is 3.92. The Kier molecular flexibility index (Phi) is 6.83. The summed E-state index contributed by atoms with van der Waals surface area (Å²) in [5.41, 5.74) is 0. The van der Waals surface area contributed by atoms with Gasteiger partial charge in [0.15, 0.2) is 9.84 Å². The lowest BCUT2D eigenvalue weighted by Gasteiger charge is -2.34. The standard InChI is InChI=1S/C16H21BrN2O5S/c1-2-24-16(21)19-10-8-18(9-11-19)15(20)7-12-25(22,23)14-5-3-13(17)4-6-14/h3-6H,2,7-12H2,1H3. The van der Waals surface area contributed by atoms with Crippen molar-refractivity contribution in [3.8, 4) is 0 Å². The number of sulfone groups is 1. The first-order chi connectivity index (χ1) is 11.8. The van der Waals surface area contributed by atoms with E-state index >= 15 is 0 Å². The molecule has 0 atom stereocenters. The number of rotatable bonds is 5. The Labute approximate surface area is 156 Å². The molecule has 1 aromatic carbocycles. The Morgan fingerprint density at radius 1 is 1.08 bits per heavy atom. The van der Waals surface area contributed by atoms with Gasteiger partial charge in [-0.05, 0) is 31.2 Å². The van der Waals surface area contributed by atoms with Crippen molar-refractivity contribution < 1.29 is 22.7 Å². The fourth-order valence-corrected chi connectivity index (χ4v) is 3.99. The van der Waals surface area contributed by atoms with Crippen LogP contribution in [0.2, 0.25) is 0 Å². The molecule has 0 N–H and O–H groups in total. The molecule has 1 aliphatic heterocycles. The largest absolute Gasteiger partial charge is 0.450 e. The molecule has 2 amide bonds. The van der Waals surface area contributed by atoms with Gasteiger partial charge in [0.05, 0.1) is 17.3 Å². The molecule has 138 valence electrons. The number of carbonyl (C=O) groups is 2. The highest BCUT2D eigenvalue weighted by atomic mass is 79.9. The first-order valence-electron chi connectivity index (χ1n) is 8.01. The van der Waals surface area contributed by atoms with Crippen LogP contribution in [0.1, 0.15) is 13.3 Å². The van der Waals surface area contributed by atoms with E-state index in [-0.39, 0.29) is 29.1 Å². The smallest absolute Gasteiger partial charge is 0.409 e. The molecule has 9 heteroatoms. The van der Waals surface area contributed by atoms with E-state index in [1.165, 1.54) is 12.1 Å². The minimum atomic E-state index is -3.50. The van der Waals surface area contributed by atoms with E-state index in [1.807, 2.05) is 0 Å². The van der Waals surface area contributed by atoms with E-state index < -0.39 is 9.84 Å². The van der Waals surface area contributed by atoms with Crippen molar-refractivity contribution in [1.82, 2.24) is 9.80 Å². The minimum Gasteiger partial charge on any atom is -0.450 e. The topological polar surface area (TPSA) is 84.0 Å². The molecule has 0 aliphatic carbocycles. The number of piperazine rings is 1. The maximum atomic E-state index is 12.3. The molecule has 7 nitrogen and oxygen atoms in total. The average molecular weight is 433 g/mol. The maximum Gasteiger partial charge on any atom is 0.409 e. The van der Waals surface area contributed by atoms with Crippen molar-refractivity contribution in [2.24, 2.45) is 0 Å². The number of amides is 2. The Hall–Kier alpha value is -1.61. The zero-order chi connectivity index (χ0) is 18.4. The van der Waals surface area contributed by atoms with E-state index in [0.717, 1.165) is 4.47 Å². The van der Waals surface area contributed by atoms with Crippen LogP contribution in [-0.4, -0.2) is 68.8 Å². The van der Waals surface area contributed by atoms with E-state index in [4.69, 9.17) is 4.74 Å². The molecule has 0 radical (unpaired) electrons. The van der Waals surface area contributed by atoms with Crippen molar-refractivity contribution in [3.63, 3.8) is 0 Å². The predicted molar refractivity (Wildman–Crippen MR) is 96.0 cm³/mol. The Balaban J connectivity index is 1.85. The second-order valence-electron chi connectivity index (χ2n) is 5.59. The van der Waals surface area contributed by atoms with Crippen LogP contribution in [0.5, 0.6) is 0 Å². The van der Waals surface area contributed by atoms with Crippen molar-refractivity contribution in [2.45, 2.75) is 18.2 Å². The van der Waals surface area contributed by atoms with Crippen LogP contribution in [0.25, 0.3) is 0 Å². The number of carbonyl (C=O) groups excluding carboxylic acids is 2. The van der Waals surface area contributed by atoms with Gasteiger partial charge in [0, 0.05) is 37.1 Å². The van der Waals surface area contributed by atoms with Crippen LogP contribution in [0.15, 0.2) is 33.6 Å². The summed E-state index contributed by atoms with van der Waals surface area (Å²) in [7, 11) is -3.50. The highest BCUT2D eigenvalue weighted by Crippen LogP contribution is 2.17. The third kappa shape index (κ3) is 5.43. The highest BCUT2D eigenvalue weighted by Gasteiger charge is 2.26. The van der Waals surface area contributed by atoms with Gasteiger partial charge in [0.2, 0.25) is 5.91 Å². The molecule has 25 heavy (non-hydrogen) atoms. The molecular weight excluding hydrogens is 412 g/mol. The summed E-state index contributed by atoms with van der Waals surface area (Å²) in [5, 5.41) is 0. The zero-order valence-corrected chi connectivity index (χ0v) is 16.4. The van der Waals surface area contributed by atoms with Crippen molar-refractivity contribution in [1.29, 1.82) is 0 Å². The normalized spacial score (nSPS) is 15.1. The SMILES string of the molecule is CCOC(=O)N1CCN(C(=O)CCS(=O)(=O)c2ccc(Br)cc2)CC1. The second-order valence-corrected chi connectivity index (χ2v) is 8.61. The van der Waals surface area contributed by atoms with Crippen molar-refractivity contribution >= 4 is 37.8 Å². The van der Waals surface area contributed by atoms with Crippen LogP contribution in [-0.2, 0) is 19.4 Å². The molecule has 1 saturated heterocycles. The Morgan fingerprint density at radius 3 is 2.20 bits per heavy atom. The van der Waals surface area contributed by atoms with E-state index in [2.05, 4.69) is 15.9 Å². The summed E-state index contributed by atoms with van der Waals surface area (Å²) < 4.78 is 30.3. The maximum absolute atomic E-state index is 12.3. The Morgan fingerprint density at radius 2 is 1.64 bits per heavy atom. The van der Waals surface area contributed by atoms with Crippen molar-refractivity contribution in [2.75, 3.05) is 38.5 Å². The van der Waals surface area contributed by atoms with Gasteiger partial charge in [-0.3, -0.25) is 4.79 Å². The molecule has 0 saturated carbocycles. The van der Waals surface area contributed by atoms with Gasteiger partial charge in [0.25, 0.3) is 0 Å². The summed E-state index contributed by atoms with van der Waals surface area (Å²) in [6.45, 7) is 3.61. The first kappa shape index (κ1) is 19.7. The zero-order valence-electron chi connectivity index (χ0n) is 14.0. The molecule has 0 aromatic heterocycles. The lowest BCUT2D eigenvalue weighted by Crippen LogP contribution is -2.50. The molecule has 1 fully saturated rings. The molecule has 0 bridgehead atoms. The first-order valence-corrected chi connectivity index (χ1v) is 10.5. The molecule has 1 aliphatic rings. The summed E-state index contributed by atoms with van der Waals surface area (Å²) >= 11 is 3.26. The summed E-state index contributed by atoms with van der Waals surface area (Å²) in [4.78, 5) is 27.2. The van der Waals surface area contributed by atoms with Crippen LogP contribution in [0, 0.1) is 0 Å². The van der Waals surface area contributed by atoms with Gasteiger partial charge in [0.1, 0.15) is 0 Å². The molecule has 1 heterocycles. The van der Waals surface area contributed by atoms with Crippen LogP contribution in [0.4, 0.5) is 4.79 Å². The highest BCUT2D eigenvalue weighted by molar-refractivity contribution is 9.10. The average Bonchev–Trinajstić information content (AvgIpc) is 2.60. The lowest BCUT2D eigenvalue weighted by molar-refractivity contribution is -0.132. The van der Waals surface area contributed by atoms with Crippen LogP contribution >= 0.6 is 15.9 Å². The van der Waals surface area contributed by atoms with Gasteiger partial charge in [-0.15, -0.1) is 0 Å². The third-order valence-corrected chi connectivity index (χ3v) is 6.18. The van der Waals surface area contributed by atoms with Gasteiger partial charge in [-0.1, -0.05) is 15.9 Å². The molecule has 1 aromatic rings. The molecule has 2 rings (SSSR count). The molecule has 0 unspecified atom stereocenters. The summed E-state index contributed by atoms with van der Waals surface area (Å²) in [6, 6.07) is 6.34. The lowest BCUT2D eigenvalue weighted by atomic mass is 10.3. The summed E-state index contributed by atoms with van der Waals surface area (Å²) in [6.07, 6.45) is -0.454. The number of ether oxygens (including phenoxy) is 1. The monoisotopic (exact) mass is 432 g/mol. The fraction of sp³-hybridized carbons (Fsp3) is 0.500. The van der Waals surface area contributed by atoms with Crippen molar-refractivity contribution in [3.05, 3.63) is 28.7 Å². The summed E-state index contributed by atoms with van der Waals surface area (Å²) in [5.74, 6) is -0.449. The second kappa shape index (κ2) is 8.66. The fourth-order valence-electron chi connectivity index (χ4n) is 2.49. The molecular formula is C16H21BrN2O5S. The van der Waals surface area contributed by atoms with Gasteiger partial charge >= 0.3 is 6.09 Å². The van der Waals surface area contributed by atoms with Crippen LogP contribution in [0.3, 0.4) is 0 Å². The van der Waals surface area contributed by atoms with E-state index in [0.29, 0.717) is 32.8 Å². The van der Waals surface area contributed by atoms with Crippen LogP contribution < -0.4 is 0 Å². The molecule has 0 spiro atoms. The number of benzene rings is 1. The number of halogens is 1. The number of hydrogen-bond donors (Lipinski definition) is 0. The van der Waals surface area contributed by atoms with Gasteiger partial charge in [-0.25, -0.2) is 13.2 Å². The number of nitrogens with zero attached hydrogens (tertiary/aromatic N) is 2. The van der Waals surface area contributed by atoms with E-state index in [9.17, 15) is 18.0 Å². The Bertz CT molecular complexity index is 713. The van der Waals surface area contributed by atoms with E-state index in [1.54, 1.807) is 28.9 Å². The van der Waals surface area contributed by atoms with Gasteiger partial charge < -0.3 is 14.5 Å².